The number of nitrogens with one attached hydrogen (secondary N) is 1. The van der Waals surface area contributed by atoms with E-state index in [-0.39, 0.29) is 18.4 Å². The number of fused-ring (bicyclic) bond motifs is 1. The van der Waals surface area contributed by atoms with Gasteiger partial charge in [0.05, 0.1) is 24.4 Å². The first-order valence-corrected chi connectivity index (χ1v) is 12.1. The van der Waals surface area contributed by atoms with Crippen molar-refractivity contribution < 1.29 is 19.1 Å². The van der Waals surface area contributed by atoms with E-state index in [0.29, 0.717) is 36.7 Å². The van der Waals surface area contributed by atoms with E-state index in [9.17, 15) is 9.59 Å². The number of para-hydroxylation sites is 3. The predicted molar refractivity (Wildman–Crippen MR) is 135 cm³/mol. The third-order valence-electron chi connectivity index (χ3n) is 5.32. The van der Waals surface area contributed by atoms with Crippen LogP contribution in [0.5, 0.6) is 5.75 Å². The van der Waals surface area contributed by atoms with Crippen LogP contribution in [0.15, 0.2) is 66.0 Å². The Hall–Kier alpha value is -3.76. The summed E-state index contributed by atoms with van der Waals surface area (Å²) in [5, 5.41) is 13.1. The molecule has 2 aromatic heterocycles. The number of methoxy groups -OCH3 is 1. The minimum Gasteiger partial charge on any atom is -0.492 e. The number of benzene rings is 2. The van der Waals surface area contributed by atoms with Crippen LogP contribution in [0.25, 0.3) is 11.0 Å². The van der Waals surface area contributed by atoms with E-state index in [2.05, 4.69) is 15.6 Å². The predicted octanol–water partition coefficient (Wildman–Crippen LogP) is 3.43. The lowest BCUT2D eigenvalue weighted by molar-refractivity contribution is -0.127. The third-order valence-corrected chi connectivity index (χ3v) is 6.25. The summed E-state index contributed by atoms with van der Waals surface area (Å²) in [5.74, 6) is -0.126. The monoisotopic (exact) mass is 493 g/mol. The second-order valence-electron chi connectivity index (χ2n) is 7.60. The summed E-state index contributed by atoms with van der Waals surface area (Å²) in [6, 6.07) is 17.4. The van der Waals surface area contributed by atoms with Gasteiger partial charge in [0.1, 0.15) is 23.9 Å². The van der Waals surface area contributed by atoms with Gasteiger partial charge in [0.25, 0.3) is 0 Å². The maximum atomic E-state index is 14.0. The molecule has 0 saturated carbocycles. The van der Waals surface area contributed by atoms with Gasteiger partial charge in [-0.05, 0) is 42.6 Å². The molecule has 4 rings (SSSR count). The number of ether oxygens (including phenoxy) is 2. The number of anilines is 1. The summed E-state index contributed by atoms with van der Waals surface area (Å²) in [6.07, 6.45) is 0. The van der Waals surface area contributed by atoms with Gasteiger partial charge < -0.3 is 14.8 Å². The Morgan fingerprint density at radius 3 is 2.69 bits per heavy atom. The largest absolute Gasteiger partial charge is 0.492 e. The molecule has 35 heavy (non-hydrogen) atoms. The molecule has 9 nitrogen and oxygen atoms in total. The fraction of sp³-hybridized carbons (Fsp3) is 0.280. The van der Waals surface area contributed by atoms with Crippen LogP contribution >= 0.6 is 11.3 Å². The molecule has 0 saturated heterocycles. The Bertz CT molecular complexity index is 1270. The number of hydrogen-bond acceptors (Lipinski definition) is 7. The van der Waals surface area contributed by atoms with Crippen molar-refractivity contribution in [3.05, 3.63) is 70.9 Å². The zero-order valence-corrected chi connectivity index (χ0v) is 20.4. The smallest absolute Gasteiger partial charge is 0.249 e. The van der Waals surface area contributed by atoms with Gasteiger partial charge in [-0.1, -0.05) is 35.5 Å². The molecule has 2 heterocycles. The van der Waals surface area contributed by atoms with Crippen molar-refractivity contribution in [1.29, 1.82) is 0 Å². The van der Waals surface area contributed by atoms with Gasteiger partial charge in [-0.25, -0.2) is 4.68 Å². The third kappa shape index (κ3) is 5.50. The van der Waals surface area contributed by atoms with Gasteiger partial charge in [-0.15, -0.1) is 16.4 Å². The highest BCUT2D eigenvalue weighted by Gasteiger charge is 2.35. The molecule has 182 valence electrons. The lowest BCUT2D eigenvalue weighted by Crippen LogP contribution is -2.45. The van der Waals surface area contributed by atoms with E-state index in [1.165, 1.54) is 16.2 Å². The van der Waals surface area contributed by atoms with Crippen molar-refractivity contribution >= 4 is 39.9 Å². The number of amides is 2. The Kier molecular flexibility index (Phi) is 8.07. The van der Waals surface area contributed by atoms with Gasteiger partial charge in [-0.3, -0.25) is 14.5 Å². The Labute approximate surface area is 207 Å². The van der Waals surface area contributed by atoms with Crippen LogP contribution in [0.1, 0.15) is 17.8 Å². The fourth-order valence-electron chi connectivity index (χ4n) is 3.78. The van der Waals surface area contributed by atoms with Gasteiger partial charge in [0, 0.05) is 18.5 Å². The van der Waals surface area contributed by atoms with Crippen LogP contribution in [-0.2, 0) is 20.9 Å². The molecular formula is C25H27N5O4S. The standard InChI is InChI=1S/C25H27N5O4S/c1-3-34-21-12-7-6-11-20(21)30(23(31)17-29-19-10-5-4-9-18(19)27-28-29)24(22-13-8-16-35-22)25(32)26-14-15-33-2/h4-13,16,24H,3,14-15,17H2,1-2H3,(H,26,32). The summed E-state index contributed by atoms with van der Waals surface area (Å²) in [6.45, 7) is 2.86. The lowest BCUT2D eigenvalue weighted by atomic mass is 10.1. The van der Waals surface area contributed by atoms with E-state index in [4.69, 9.17) is 9.47 Å². The van der Waals surface area contributed by atoms with E-state index >= 15 is 0 Å². The molecule has 2 aromatic carbocycles. The Balaban J connectivity index is 1.78. The molecule has 0 spiro atoms. The van der Waals surface area contributed by atoms with Crippen LogP contribution in [0, 0.1) is 0 Å². The summed E-state index contributed by atoms with van der Waals surface area (Å²) in [7, 11) is 1.57. The number of aromatic nitrogens is 3. The lowest BCUT2D eigenvalue weighted by Gasteiger charge is -2.31. The van der Waals surface area contributed by atoms with Gasteiger partial charge >= 0.3 is 0 Å². The zero-order chi connectivity index (χ0) is 24.6. The van der Waals surface area contributed by atoms with Crippen LogP contribution in [-0.4, -0.2) is 53.7 Å². The highest BCUT2D eigenvalue weighted by molar-refractivity contribution is 7.10. The first kappa shape index (κ1) is 24.4. The fourth-order valence-corrected chi connectivity index (χ4v) is 4.60. The first-order valence-electron chi connectivity index (χ1n) is 11.3. The minimum atomic E-state index is -0.907. The second-order valence-corrected chi connectivity index (χ2v) is 8.58. The molecule has 0 aliphatic heterocycles. The molecule has 0 radical (unpaired) electrons. The maximum absolute atomic E-state index is 14.0. The minimum absolute atomic E-state index is 0.103. The molecular weight excluding hydrogens is 466 g/mol. The van der Waals surface area contributed by atoms with Crippen molar-refractivity contribution in [2.45, 2.75) is 19.5 Å². The van der Waals surface area contributed by atoms with Crippen LogP contribution < -0.4 is 15.0 Å². The quantitative estimate of drug-likeness (QED) is 0.322. The number of hydrogen-bond donors (Lipinski definition) is 1. The van der Waals surface area contributed by atoms with Crippen LogP contribution in [0.4, 0.5) is 5.69 Å². The maximum Gasteiger partial charge on any atom is 0.249 e. The Morgan fingerprint density at radius 2 is 1.91 bits per heavy atom. The van der Waals surface area contributed by atoms with Crippen molar-refractivity contribution in [2.75, 3.05) is 31.8 Å². The molecule has 2 amide bonds. The van der Waals surface area contributed by atoms with E-state index in [1.54, 1.807) is 23.9 Å². The van der Waals surface area contributed by atoms with E-state index in [0.717, 1.165) is 10.4 Å². The van der Waals surface area contributed by atoms with Gasteiger partial charge in [0.2, 0.25) is 11.8 Å². The Morgan fingerprint density at radius 1 is 1.11 bits per heavy atom. The SMILES string of the molecule is CCOc1ccccc1N(C(=O)Cn1nnc2ccccc21)C(C(=O)NCCOC)c1cccs1. The zero-order valence-electron chi connectivity index (χ0n) is 19.6. The first-order chi connectivity index (χ1) is 17.1. The van der Waals surface area contributed by atoms with Crippen molar-refractivity contribution in [3.8, 4) is 5.75 Å². The molecule has 0 fully saturated rings. The number of carbonyl (C=O) groups is 2. The molecule has 10 heteroatoms. The number of carbonyl (C=O) groups excluding carboxylic acids is 2. The summed E-state index contributed by atoms with van der Waals surface area (Å²) in [5.41, 5.74) is 1.92. The summed E-state index contributed by atoms with van der Waals surface area (Å²) in [4.78, 5) is 29.7. The van der Waals surface area contributed by atoms with Crippen molar-refractivity contribution in [3.63, 3.8) is 0 Å². The molecule has 4 aromatic rings. The molecule has 1 atom stereocenters. The topological polar surface area (TPSA) is 98.6 Å². The highest BCUT2D eigenvalue weighted by atomic mass is 32.1. The van der Waals surface area contributed by atoms with E-state index in [1.807, 2.05) is 60.8 Å². The van der Waals surface area contributed by atoms with Crippen LogP contribution in [0.2, 0.25) is 0 Å². The van der Waals surface area contributed by atoms with Gasteiger partial charge in [-0.2, -0.15) is 0 Å². The van der Waals surface area contributed by atoms with Gasteiger partial charge in [0.15, 0.2) is 0 Å². The molecule has 1 unspecified atom stereocenters. The van der Waals surface area contributed by atoms with Crippen molar-refractivity contribution in [2.24, 2.45) is 0 Å². The average molecular weight is 494 g/mol. The number of nitrogens with zero attached hydrogens (tertiary/aromatic N) is 4. The highest BCUT2D eigenvalue weighted by Crippen LogP contribution is 2.36. The normalized spacial score (nSPS) is 11.8. The average Bonchev–Trinajstić information content (AvgIpc) is 3.54. The number of thiophene rings is 1. The molecule has 0 aliphatic rings. The van der Waals surface area contributed by atoms with E-state index < -0.39 is 6.04 Å². The summed E-state index contributed by atoms with van der Waals surface area (Å²) >= 11 is 1.41. The number of rotatable bonds is 11. The van der Waals surface area contributed by atoms with Crippen LogP contribution in [0.3, 0.4) is 0 Å². The van der Waals surface area contributed by atoms with Crippen molar-refractivity contribution in [1.82, 2.24) is 20.3 Å². The molecule has 0 bridgehead atoms. The molecule has 0 aliphatic carbocycles. The molecule has 1 N–H and O–H groups in total. The second kappa shape index (κ2) is 11.6. The summed E-state index contributed by atoms with van der Waals surface area (Å²) < 4.78 is 12.5.